The fourth-order valence-corrected chi connectivity index (χ4v) is 3.87. The van der Waals surface area contributed by atoms with E-state index in [1.165, 1.54) is 44.1 Å². The lowest BCUT2D eigenvalue weighted by atomic mass is 9.87. The molecule has 0 radical (unpaired) electrons. The summed E-state index contributed by atoms with van der Waals surface area (Å²) in [5, 5.41) is 3.49. The number of piperidine rings is 1. The molecule has 1 aromatic rings. The molecule has 4 heteroatoms. The van der Waals surface area contributed by atoms with Gasteiger partial charge in [0.25, 0.3) is 0 Å². The summed E-state index contributed by atoms with van der Waals surface area (Å²) < 4.78 is 0. The van der Waals surface area contributed by atoms with Crippen LogP contribution in [-0.2, 0) is 11.3 Å². The van der Waals surface area contributed by atoms with Gasteiger partial charge in [-0.3, -0.25) is 4.84 Å². The molecule has 1 aromatic carbocycles. The van der Waals surface area contributed by atoms with Crippen molar-refractivity contribution in [1.29, 1.82) is 0 Å². The number of hydroxylamine groups is 2. The highest BCUT2D eigenvalue weighted by atomic mass is 35.5. The van der Waals surface area contributed by atoms with Gasteiger partial charge in [-0.1, -0.05) is 54.6 Å². The second kappa shape index (κ2) is 10.6. The van der Waals surface area contributed by atoms with Crippen molar-refractivity contribution in [1.82, 2.24) is 5.06 Å². The van der Waals surface area contributed by atoms with E-state index in [0.717, 1.165) is 32.4 Å². The molecule has 0 bridgehead atoms. The molecule has 1 atom stereocenters. The average molecular weight is 384 g/mol. The molecule has 0 saturated carbocycles. The molecule has 0 amide bonds. The van der Waals surface area contributed by atoms with Crippen LogP contribution < -0.4 is 0 Å². The maximum Gasteiger partial charge on any atom is 0.0685 e. The standard InChI is InChI=1S/C21H31Cl2NO/c1-3-13-21(2)14-7-8-15-24(21)25-16-9-5-4-6-10-18-11-12-19(22)20(23)17-18/h3,11-12,17H,1,4-10,13-16H2,2H3. The largest absolute Gasteiger partial charge is 0.298 e. The minimum atomic E-state index is 0.133. The van der Waals surface area contributed by atoms with Gasteiger partial charge in [-0.05, 0) is 63.1 Å². The van der Waals surface area contributed by atoms with Gasteiger partial charge in [0.15, 0.2) is 0 Å². The number of rotatable bonds is 10. The van der Waals surface area contributed by atoms with E-state index in [1.807, 2.05) is 18.2 Å². The third-order valence-electron chi connectivity index (χ3n) is 5.10. The van der Waals surface area contributed by atoms with Crippen molar-refractivity contribution in [3.05, 3.63) is 46.5 Å². The summed E-state index contributed by atoms with van der Waals surface area (Å²) in [6.45, 7) is 8.06. The Kier molecular flexibility index (Phi) is 8.78. The topological polar surface area (TPSA) is 12.5 Å². The summed E-state index contributed by atoms with van der Waals surface area (Å²) in [5.41, 5.74) is 1.40. The number of unbranched alkanes of at least 4 members (excludes halogenated alkanes) is 3. The lowest BCUT2D eigenvalue weighted by molar-refractivity contribution is -0.231. The van der Waals surface area contributed by atoms with Crippen LogP contribution in [0.15, 0.2) is 30.9 Å². The van der Waals surface area contributed by atoms with Crippen LogP contribution in [-0.4, -0.2) is 23.8 Å². The smallest absolute Gasteiger partial charge is 0.0685 e. The summed E-state index contributed by atoms with van der Waals surface area (Å²) in [4.78, 5) is 6.10. The van der Waals surface area contributed by atoms with Crippen molar-refractivity contribution in [2.45, 2.75) is 70.3 Å². The van der Waals surface area contributed by atoms with E-state index in [-0.39, 0.29) is 5.54 Å². The summed E-state index contributed by atoms with van der Waals surface area (Å²) in [7, 11) is 0. The first-order chi connectivity index (χ1) is 12.0. The van der Waals surface area contributed by atoms with Gasteiger partial charge in [0.05, 0.1) is 16.7 Å². The summed E-state index contributed by atoms with van der Waals surface area (Å²) in [5.74, 6) is 0. The minimum absolute atomic E-state index is 0.133. The van der Waals surface area contributed by atoms with Crippen LogP contribution in [0.1, 0.15) is 63.9 Å². The highest BCUT2D eigenvalue weighted by Gasteiger charge is 2.34. The first-order valence-corrected chi connectivity index (χ1v) is 10.3. The molecule has 1 saturated heterocycles. The van der Waals surface area contributed by atoms with Gasteiger partial charge in [-0.2, -0.15) is 5.06 Å². The molecule has 25 heavy (non-hydrogen) atoms. The van der Waals surface area contributed by atoms with Crippen molar-refractivity contribution < 1.29 is 4.84 Å². The lowest BCUT2D eigenvalue weighted by Gasteiger charge is -2.43. The van der Waals surface area contributed by atoms with Crippen molar-refractivity contribution >= 4 is 23.2 Å². The Bertz CT molecular complexity index is 549. The van der Waals surface area contributed by atoms with Crippen molar-refractivity contribution in [3.63, 3.8) is 0 Å². The van der Waals surface area contributed by atoms with Crippen LogP contribution in [0.3, 0.4) is 0 Å². The molecule has 1 unspecified atom stereocenters. The molecule has 0 N–H and O–H groups in total. The number of aryl methyl sites for hydroxylation is 1. The van der Waals surface area contributed by atoms with Gasteiger partial charge < -0.3 is 0 Å². The van der Waals surface area contributed by atoms with E-state index in [2.05, 4.69) is 24.6 Å². The van der Waals surface area contributed by atoms with Crippen molar-refractivity contribution in [3.8, 4) is 0 Å². The second-order valence-electron chi connectivity index (χ2n) is 7.29. The molecule has 1 aliphatic heterocycles. The quantitative estimate of drug-likeness (QED) is 0.323. The third-order valence-corrected chi connectivity index (χ3v) is 5.84. The number of hydrogen-bond donors (Lipinski definition) is 0. The fourth-order valence-electron chi connectivity index (χ4n) is 3.55. The Balaban J connectivity index is 1.59. The Morgan fingerprint density at radius 3 is 2.72 bits per heavy atom. The molecule has 2 nitrogen and oxygen atoms in total. The maximum absolute atomic E-state index is 6.10. The van der Waals surface area contributed by atoms with Crippen LogP contribution in [0, 0.1) is 0 Å². The monoisotopic (exact) mass is 383 g/mol. The number of benzene rings is 1. The van der Waals surface area contributed by atoms with Crippen LogP contribution in [0.5, 0.6) is 0 Å². The molecule has 140 valence electrons. The molecule has 2 rings (SSSR count). The average Bonchev–Trinajstić information content (AvgIpc) is 2.59. The summed E-state index contributed by atoms with van der Waals surface area (Å²) in [6.07, 6.45) is 12.5. The number of halogens is 2. The highest BCUT2D eigenvalue weighted by molar-refractivity contribution is 6.42. The van der Waals surface area contributed by atoms with E-state index < -0.39 is 0 Å². The molecule has 1 aliphatic rings. The van der Waals surface area contributed by atoms with E-state index in [4.69, 9.17) is 28.0 Å². The van der Waals surface area contributed by atoms with E-state index in [1.54, 1.807) is 0 Å². The van der Waals surface area contributed by atoms with Crippen LogP contribution in [0.4, 0.5) is 0 Å². The van der Waals surface area contributed by atoms with Crippen molar-refractivity contribution in [2.24, 2.45) is 0 Å². The first-order valence-electron chi connectivity index (χ1n) is 9.50. The van der Waals surface area contributed by atoms with Crippen LogP contribution in [0.2, 0.25) is 10.0 Å². The van der Waals surface area contributed by atoms with Crippen LogP contribution in [0.25, 0.3) is 0 Å². The SMILES string of the molecule is C=CCC1(C)CCCCN1OCCCCCCc1ccc(Cl)c(Cl)c1. The molecule has 1 heterocycles. The predicted octanol–water partition coefficient (Wildman–Crippen LogP) is 6.85. The highest BCUT2D eigenvalue weighted by Crippen LogP contribution is 2.31. The third kappa shape index (κ3) is 6.60. The van der Waals surface area contributed by atoms with Crippen molar-refractivity contribution in [2.75, 3.05) is 13.2 Å². The van der Waals surface area contributed by atoms with Crippen LogP contribution >= 0.6 is 23.2 Å². The fraction of sp³-hybridized carbons (Fsp3) is 0.619. The number of nitrogens with zero attached hydrogens (tertiary/aromatic N) is 1. The van der Waals surface area contributed by atoms with Gasteiger partial charge in [-0.25, -0.2) is 0 Å². The van der Waals surface area contributed by atoms with E-state index >= 15 is 0 Å². The summed E-state index contributed by atoms with van der Waals surface area (Å²) in [6, 6.07) is 5.92. The second-order valence-corrected chi connectivity index (χ2v) is 8.11. The molecular formula is C21H31Cl2NO. The zero-order valence-electron chi connectivity index (χ0n) is 15.4. The lowest BCUT2D eigenvalue weighted by Crippen LogP contribution is -2.49. The minimum Gasteiger partial charge on any atom is -0.298 e. The Morgan fingerprint density at radius 2 is 1.96 bits per heavy atom. The summed E-state index contributed by atoms with van der Waals surface area (Å²) >= 11 is 12.0. The molecule has 1 fully saturated rings. The Hall–Kier alpha value is -0.540. The van der Waals surface area contributed by atoms with Gasteiger partial charge in [0.2, 0.25) is 0 Å². The zero-order valence-corrected chi connectivity index (χ0v) is 16.9. The number of hydrogen-bond acceptors (Lipinski definition) is 2. The van der Waals surface area contributed by atoms with E-state index in [0.29, 0.717) is 10.0 Å². The maximum atomic E-state index is 6.10. The normalized spacial score (nSPS) is 21.4. The molecular weight excluding hydrogens is 353 g/mol. The molecule has 0 aromatic heterocycles. The molecule has 0 aliphatic carbocycles. The Morgan fingerprint density at radius 1 is 1.16 bits per heavy atom. The first kappa shape index (κ1) is 20.8. The van der Waals surface area contributed by atoms with Gasteiger partial charge in [0, 0.05) is 12.1 Å². The van der Waals surface area contributed by atoms with E-state index in [9.17, 15) is 0 Å². The zero-order chi connectivity index (χ0) is 18.1. The predicted molar refractivity (Wildman–Crippen MR) is 108 cm³/mol. The van der Waals surface area contributed by atoms with Gasteiger partial charge in [-0.15, -0.1) is 6.58 Å². The van der Waals surface area contributed by atoms with Gasteiger partial charge in [0.1, 0.15) is 0 Å². The molecule has 0 spiro atoms. The Labute approximate surface area is 163 Å². The van der Waals surface area contributed by atoms with Gasteiger partial charge >= 0.3 is 0 Å².